The number of rotatable bonds is 8. The van der Waals surface area contributed by atoms with Gasteiger partial charge in [0.2, 0.25) is 11.8 Å². The maximum absolute atomic E-state index is 12.6. The minimum Gasteiger partial charge on any atom is -0.474 e. The molecule has 2 aliphatic heterocycles. The molecule has 0 atom stereocenters. The van der Waals surface area contributed by atoms with Gasteiger partial charge in [-0.05, 0) is 56.0 Å². The summed E-state index contributed by atoms with van der Waals surface area (Å²) >= 11 is 0. The molecule has 1 amide bonds. The molecule has 2 N–H and O–H groups in total. The number of benzene rings is 1. The molecule has 0 spiro atoms. The predicted octanol–water partition coefficient (Wildman–Crippen LogP) is 3.07. The Morgan fingerprint density at radius 1 is 1.11 bits per heavy atom. The summed E-state index contributed by atoms with van der Waals surface area (Å²) in [5.74, 6) is 1.91. The monoisotopic (exact) mass is 517 g/mol. The Labute approximate surface area is 223 Å². The van der Waals surface area contributed by atoms with Gasteiger partial charge in [-0.3, -0.25) is 4.79 Å². The van der Waals surface area contributed by atoms with Crippen LogP contribution < -0.4 is 19.9 Å². The van der Waals surface area contributed by atoms with E-state index < -0.39 is 5.54 Å². The van der Waals surface area contributed by atoms with Gasteiger partial charge in [0, 0.05) is 62.2 Å². The van der Waals surface area contributed by atoms with Crippen LogP contribution >= 0.6 is 0 Å². The zero-order valence-corrected chi connectivity index (χ0v) is 22.2. The van der Waals surface area contributed by atoms with E-state index in [9.17, 15) is 9.90 Å². The normalized spacial score (nSPS) is 15.9. The third-order valence-corrected chi connectivity index (χ3v) is 7.10. The van der Waals surface area contributed by atoms with Crippen molar-refractivity contribution in [2.45, 2.75) is 58.1 Å². The number of nitrogens with zero attached hydrogens (tertiary/aromatic N) is 6. The van der Waals surface area contributed by atoms with E-state index in [4.69, 9.17) is 4.74 Å². The van der Waals surface area contributed by atoms with Crippen molar-refractivity contribution < 1.29 is 14.6 Å². The first-order chi connectivity index (χ1) is 18.3. The molecule has 1 fully saturated rings. The predicted molar refractivity (Wildman–Crippen MR) is 145 cm³/mol. The first-order valence-electron chi connectivity index (χ1n) is 13.2. The van der Waals surface area contributed by atoms with Crippen LogP contribution in [-0.2, 0) is 12.8 Å². The number of ether oxygens (including phenoxy) is 1. The second-order valence-corrected chi connectivity index (χ2v) is 10.5. The average molecular weight is 518 g/mol. The van der Waals surface area contributed by atoms with E-state index >= 15 is 0 Å². The second-order valence-electron chi connectivity index (χ2n) is 10.5. The molecular weight excluding hydrogens is 482 g/mol. The fourth-order valence-corrected chi connectivity index (χ4v) is 4.78. The van der Waals surface area contributed by atoms with Gasteiger partial charge in [0.05, 0.1) is 12.1 Å². The van der Waals surface area contributed by atoms with Crippen molar-refractivity contribution in [3.8, 4) is 5.88 Å². The van der Waals surface area contributed by atoms with E-state index in [2.05, 4.69) is 42.0 Å². The van der Waals surface area contributed by atoms with E-state index in [1.54, 1.807) is 20.2 Å². The number of aryl methyl sites for hydroxylation is 1. The molecule has 1 aromatic carbocycles. The standard InChI is InChI=1S/C28H35N7O3/c1-4-19-15-29-27(30-16-19)34-10-8-22(9-11-34)38-25-14-24(31-18-32-25)35-12-7-20-13-21(5-6-23(20)35)26(37)33-28(2,3)17-36/h5-6,13-16,18,22,36H,4,7-12,17H2,1-3H3,(H,33,37). The van der Waals surface area contributed by atoms with Crippen LogP contribution in [-0.4, -0.2) is 68.8 Å². The van der Waals surface area contributed by atoms with Crippen LogP contribution in [0.1, 0.15) is 55.1 Å². The molecule has 4 heterocycles. The number of nitrogens with one attached hydrogen (secondary N) is 1. The number of hydrogen-bond donors (Lipinski definition) is 2. The molecule has 10 heteroatoms. The Morgan fingerprint density at radius 2 is 1.87 bits per heavy atom. The van der Waals surface area contributed by atoms with Crippen LogP contribution in [0.4, 0.5) is 17.5 Å². The van der Waals surface area contributed by atoms with E-state index in [0.717, 1.165) is 73.9 Å². The lowest BCUT2D eigenvalue weighted by Gasteiger charge is -2.32. The molecule has 1 saturated heterocycles. The molecule has 0 unspecified atom stereocenters. The Balaban J connectivity index is 1.21. The van der Waals surface area contributed by atoms with Gasteiger partial charge < -0.3 is 25.0 Å². The van der Waals surface area contributed by atoms with Gasteiger partial charge in [0.15, 0.2) is 0 Å². The highest BCUT2D eigenvalue weighted by molar-refractivity contribution is 5.95. The van der Waals surface area contributed by atoms with Crippen LogP contribution in [0.15, 0.2) is 43.0 Å². The molecule has 0 radical (unpaired) electrons. The van der Waals surface area contributed by atoms with Crippen LogP contribution in [0.3, 0.4) is 0 Å². The number of aliphatic hydroxyl groups excluding tert-OH is 1. The minimum atomic E-state index is -0.676. The molecule has 5 rings (SSSR count). The molecule has 3 aromatic rings. The van der Waals surface area contributed by atoms with Gasteiger partial charge in [-0.1, -0.05) is 6.92 Å². The molecule has 2 aliphatic rings. The number of carbonyl (C=O) groups is 1. The van der Waals surface area contributed by atoms with Gasteiger partial charge in [-0.25, -0.2) is 19.9 Å². The summed E-state index contributed by atoms with van der Waals surface area (Å²) in [5.41, 5.74) is 3.15. The van der Waals surface area contributed by atoms with Crippen molar-refractivity contribution in [3.63, 3.8) is 0 Å². The lowest BCUT2D eigenvalue weighted by Crippen LogP contribution is -2.46. The Bertz CT molecular complexity index is 1270. The van der Waals surface area contributed by atoms with Crippen LogP contribution in [0.5, 0.6) is 5.88 Å². The number of aromatic nitrogens is 4. The van der Waals surface area contributed by atoms with Gasteiger partial charge >= 0.3 is 0 Å². The van der Waals surface area contributed by atoms with E-state index in [1.807, 2.05) is 36.7 Å². The summed E-state index contributed by atoms with van der Waals surface area (Å²) in [7, 11) is 0. The summed E-state index contributed by atoms with van der Waals surface area (Å²) in [6, 6.07) is 7.57. The highest BCUT2D eigenvalue weighted by atomic mass is 16.5. The molecule has 38 heavy (non-hydrogen) atoms. The van der Waals surface area contributed by atoms with Gasteiger partial charge in [0.1, 0.15) is 18.2 Å². The third kappa shape index (κ3) is 5.70. The molecule has 200 valence electrons. The fraction of sp³-hybridized carbons (Fsp3) is 0.464. The first-order valence-corrected chi connectivity index (χ1v) is 13.2. The van der Waals surface area contributed by atoms with Crippen LogP contribution in [0.2, 0.25) is 0 Å². The number of anilines is 3. The highest BCUT2D eigenvalue weighted by Crippen LogP contribution is 2.35. The van der Waals surface area contributed by atoms with Crippen molar-refractivity contribution in [2.75, 3.05) is 36.0 Å². The molecule has 10 nitrogen and oxygen atoms in total. The largest absolute Gasteiger partial charge is 0.474 e. The minimum absolute atomic E-state index is 0.0685. The third-order valence-electron chi connectivity index (χ3n) is 7.10. The maximum atomic E-state index is 12.6. The molecule has 0 saturated carbocycles. The molecule has 2 aromatic heterocycles. The van der Waals surface area contributed by atoms with Crippen molar-refractivity contribution in [2.24, 2.45) is 0 Å². The van der Waals surface area contributed by atoms with Crippen molar-refractivity contribution in [3.05, 3.63) is 59.7 Å². The molecular formula is C28H35N7O3. The zero-order chi connectivity index (χ0) is 26.7. The summed E-state index contributed by atoms with van der Waals surface area (Å²) in [6.07, 6.45) is 8.88. The second kappa shape index (κ2) is 10.9. The van der Waals surface area contributed by atoms with E-state index in [-0.39, 0.29) is 18.6 Å². The van der Waals surface area contributed by atoms with E-state index in [1.165, 1.54) is 0 Å². The molecule has 0 aliphatic carbocycles. The topological polar surface area (TPSA) is 117 Å². The van der Waals surface area contributed by atoms with Crippen LogP contribution in [0.25, 0.3) is 0 Å². The van der Waals surface area contributed by atoms with Crippen molar-refractivity contribution >= 4 is 23.4 Å². The number of amides is 1. The van der Waals surface area contributed by atoms with Gasteiger partial charge in [-0.15, -0.1) is 0 Å². The Kier molecular flexibility index (Phi) is 7.42. The fourth-order valence-electron chi connectivity index (χ4n) is 4.78. The number of aliphatic hydroxyl groups is 1. The number of fused-ring (bicyclic) bond motifs is 1. The summed E-state index contributed by atoms with van der Waals surface area (Å²) in [4.78, 5) is 34.9. The lowest BCUT2D eigenvalue weighted by molar-refractivity contribution is 0.0869. The summed E-state index contributed by atoms with van der Waals surface area (Å²) in [5, 5.41) is 12.3. The lowest BCUT2D eigenvalue weighted by atomic mass is 10.0. The van der Waals surface area contributed by atoms with Crippen LogP contribution in [0, 0.1) is 0 Å². The van der Waals surface area contributed by atoms with Crippen molar-refractivity contribution in [1.82, 2.24) is 25.3 Å². The SMILES string of the molecule is CCc1cnc(N2CCC(Oc3cc(N4CCc5cc(C(=O)NC(C)(C)CO)ccc54)ncn3)CC2)nc1. The zero-order valence-electron chi connectivity index (χ0n) is 22.2. The number of carbonyl (C=O) groups excluding carboxylic acids is 1. The van der Waals surface area contributed by atoms with Gasteiger partial charge in [0.25, 0.3) is 5.91 Å². The average Bonchev–Trinajstić information content (AvgIpc) is 3.37. The van der Waals surface area contributed by atoms with Gasteiger partial charge in [-0.2, -0.15) is 0 Å². The summed E-state index contributed by atoms with van der Waals surface area (Å²) in [6.45, 7) is 7.97. The highest BCUT2D eigenvalue weighted by Gasteiger charge is 2.26. The van der Waals surface area contributed by atoms with E-state index in [0.29, 0.717) is 11.4 Å². The van der Waals surface area contributed by atoms with Crippen molar-refractivity contribution in [1.29, 1.82) is 0 Å². The smallest absolute Gasteiger partial charge is 0.251 e. The molecule has 0 bridgehead atoms. The summed E-state index contributed by atoms with van der Waals surface area (Å²) < 4.78 is 6.25. The maximum Gasteiger partial charge on any atom is 0.251 e. The quantitative estimate of drug-likeness (QED) is 0.465. The Hall–Kier alpha value is -3.79. The number of hydrogen-bond acceptors (Lipinski definition) is 9. The first kappa shape index (κ1) is 25.8. The number of piperidine rings is 1. The Morgan fingerprint density at radius 3 is 2.58 bits per heavy atom.